The Hall–Kier alpha value is -2.97. The first-order chi connectivity index (χ1) is 16.8. The maximum absolute atomic E-state index is 13.3. The van der Waals surface area contributed by atoms with Gasteiger partial charge in [-0.25, -0.2) is 4.98 Å². The van der Waals surface area contributed by atoms with Crippen LogP contribution in [0.5, 0.6) is 0 Å². The third-order valence-corrected chi connectivity index (χ3v) is 8.33. The molecule has 6 rings (SSSR count). The van der Waals surface area contributed by atoms with Gasteiger partial charge in [-0.3, -0.25) is 9.36 Å². The van der Waals surface area contributed by atoms with Crippen molar-refractivity contribution < 1.29 is 13.2 Å². The van der Waals surface area contributed by atoms with E-state index in [2.05, 4.69) is 34.6 Å². The molecular formula is C27H24F3N3OS. The van der Waals surface area contributed by atoms with Crippen LogP contribution in [0.3, 0.4) is 0 Å². The lowest BCUT2D eigenvalue weighted by atomic mass is 9.92. The summed E-state index contributed by atoms with van der Waals surface area (Å²) in [7, 11) is 0. The first-order valence-corrected chi connectivity index (χ1v) is 12.7. The molecule has 0 aliphatic heterocycles. The summed E-state index contributed by atoms with van der Waals surface area (Å²) >= 11 is 1.57. The predicted molar refractivity (Wildman–Crippen MR) is 131 cm³/mol. The highest BCUT2D eigenvalue weighted by molar-refractivity contribution is 7.18. The van der Waals surface area contributed by atoms with E-state index in [1.54, 1.807) is 17.4 Å². The number of nitrogens with one attached hydrogen (secondary N) is 1. The summed E-state index contributed by atoms with van der Waals surface area (Å²) < 4.78 is 40.7. The molecule has 0 spiro atoms. The number of halogens is 3. The molecular weight excluding hydrogens is 471 g/mol. The maximum Gasteiger partial charge on any atom is 0.416 e. The minimum absolute atomic E-state index is 0.0583. The molecule has 1 unspecified atom stereocenters. The molecule has 1 N–H and O–H groups in total. The highest BCUT2D eigenvalue weighted by atomic mass is 32.1. The molecule has 0 saturated carbocycles. The molecule has 0 amide bonds. The van der Waals surface area contributed by atoms with Gasteiger partial charge in [-0.1, -0.05) is 36.4 Å². The SMILES string of the molecule is O=c1c2c3c(sc2ncn1Cc1cccc(C(F)(F)F)c1)CC(NC1Cc2ccccc2C1)CC3. The summed E-state index contributed by atoms with van der Waals surface area (Å²) in [5, 5.41) is 4.47. The fourth-order valence-electron chi connectivity index (χ4n) is 5.51. The Morgan fingerprint density at radius 2 is 1.80 bits per heavy atom. The van der Waals surface area contributed by atoms with Crippen LogP contribution in [0.4, 0.5) is 13.2 Å². The van der Waals surface area contributed by atoms with Crippen molar-refractivity contribution in [1.29, 1.82) is 0 Å². The van der Waals surface area contributed by atoms with Crippen molar-refractivity contribution in [3.63, 3.8) is 0 Å². The molecule has 2 aliphatic carbocycles. The largest absolute Gasteiger partial charge is 0.416 e. The number of aromatic nitrogens is 2. The summed E-state index contributed by atoms with van der Waals surface area (Å²) in [4.78, 5) is 19.7. The van der Waals surface area contributed by atoms with Crippen molar-refractivity contribution in [2.24, 2.45) is 0 Å². The van der Waals surface area contributed by atoms with Gasteiger partial charge >= 0.3 is 6.18 Å². The molecule has 0 bridgehead atoms. The molecule has 0 radical (unpaired) electrons. The minimum Gasteiger partial charge on any atom is -0.310 e. The van der Waals surface area contributed by atoms with E-state index in [4.69, 9.17) is 0 Å². The quantitative estimate of drug-likeness (QED) is 0.427. The van der Waals surface area contributed by atoms with Crippen LogP contribution in [0.15, 0.2) is 59.7 Å². The molecule has 0 fully saturated rings. The smallest absolute Gasteiger partial charge is 0.310 e. The topological polar surface area (TPSA) is 46.9 Å². The number of benzene rings is 2. The molecule has 2 aromatic carbocycles. The molecule has 2 aliphatic rings. The number of alkyl halides is 3. The molecule has 35 heavy (non-hydrogen) atoms. The van der Waals surface area contributed by atoms with Crippen LogP contribution in [0, 0.1) is 0 Å². The number of thiophene rings is 1. The lowest BCUT2D eigenvalue weighted by Crippen LogP contribution is -2.41. The van der Waals surface area contributed by atoms with E-state index in [-0.39, 0.29) is 12.1 Å². The number of fused-ring (bicyclic) bond motifs is 4. The third kappa shape index (κ3) is 4.29. The standard InChI is InChI=1S/C27H24F3N3OS/c28-27(29,30)19-7-3-4-16(10-19)14-33-15-31-25-24(26(33)34)22-9-8-20(13-23(22)35-25)32-21-11-17-5-1-2-6-18(17)12-21/h1-7,10,15,20-21,32H,8-9,11-14H2. The number of hydrogen-bond donors (Lipinski definition) is 1. The van der Waals surface area contributed by atoms with E-state index in [9.17, 15) is 18.0 Å². The Balaban J connectivity index is 1.22. The second-order valence-corrected chi connectivity index (χ2v) is 10.6. The molecule has 4 aromatic rings. The molecule has 180 valence electrons. The van der Waals surface area contributed by atoms with Gasteiger partial charge in [-0.15, -0.1) is 11.3 Å². The Morgan fingerprint density at radius 3 is 2.54 bits per heavy atom. The van der Waals surface area contributed by atoms with Crippen molar-refractivity contribution in [2.45, 2.75) is 56.9 Å². The average molecular weight is 496 g/mol. The number of rotatable bonds is 4. The Kier molecular flexibility index (Phi) is 5.53. The molecule has 4 nitrogen and oxygen atoms in total. The van der Waals surface area contributed by atoms with Crippen molar-refractivity contribution in [3.8, 4) is 0 Å². The van der Waals surface area contributed by atoms with E-state index in [1.807, 2.05) is 0 Å². The second kappa shape index (κ2) is 8.60. The second-order valence-electron chi connectivity index (χ2n) is 9.54. The summed E-state index contributed by atoms with van der Waals surface area (Å²) in [6.07, 6.45) is 1.77. The van der Waals surface area contributed by atoms with E-state index < -0.39 is 11.7 Å². The fourth-order valence-corrected chi connectivity index (χ4v) is 6.77. The van der Waals surface area contributed by atoms with Gasteiger partial charge in [0.15, 0.2) is 0 Å². The van der Waals surface area contributed by atoms with Gasteiger partial charge in [-0.2, -0.15) is 13.2 Å². The summed E-state index contributed by atoms with van der Waals surface area (Å²) in [5.41, 5.74) is 3.45. The van der Waals surface area contributed by atoms with Crippen LogP contribution in [0.25, 0.3) is 10.2 Å². The molecule has 2 heterocycles. The first-order valence-electron chi connectivity index (χ1n) is 11.8. The third-order valence-electron chi connectivity index (χ3n) is 7.17. The van der Waals surface area contributed by atoms with Gasteiger partial charge in [0.25, 0.3) is 5.56 Å². The lowest BCUT2D eigenvalue weighted by Gasteiger charge is -2.26. The minimum atomic E-state index is -4.42. The zero-order chi connectivity index (χ0) is 24.2. The van der Waals surface area contributed by atoms with Gasteiger partial charge in [0, 0.05) is 17.0 Å². The zero-order valence-corrected chi connectivity index (χ0v) is 19.8. The van der Waals surface area contributed by atoms with Crippen molar-refractivity contribution >= 4 is 21.6 Å². The number of nitrogens with zero attached hydrogens (tertiary/aromatic N) is 2. The van der Waals surface area contributed by atoms with Crippen molar-refractivity contribution in [1.82, 2.24) is 14.9 Å². The van der Waals surface area contributed by atoms with E-state index in [1.165, 1.54) is 33.0 Å². The normalized spacial score (nSPS) is 18.1. The maximum atomic E-state index is 13.3. The van der Waals surface area contributed by atoms with E-state index >= 15 is 0 Å². The van der Waals surface area contributed by atoms with Crippen LogP contribution in [-0.2, 0) is 38.4 Å². The van der Waals surface area contributed by atoms with Gasteiger partial charge in [0.05, 0.1) is 23.8 Å². The molecule has 0 saturated heterocycles. The van der Waals surface area contributed by atoms with Crippen molar-refractivity contribution in [3.05, 3.63) is 97.9 Å². The van der Waals surface area contributed by atoms with Gasteiger partial charge in [0.2, 0.25) is 0 Å². The highest BCUT2D eigenvalue weighted by Gasteiger charge is 2.31. The molecule has 1 atom stereocenters. The molecule has 8 heteroatoms. The zero-order valence-electron chi connectivity index (χ0n) is 18.9. The highest BCUT2D eigenvalue weighted by Crippen LogP contribution is 2.35. The van der Waals surface area contributed by atoms with Gasteiger partial charge < -0.3 is 5.32 Å². The van der Waals surface area contributed by atoms with Crippen LogP contribution in [-0.4, -0.2) is 21.6 Å². The van der Waals surface area contributed by atoms with Gasteiger partial charge in [-0.05, 0) is 66.5 Å². The van der Waals surface area contributed by atoms with E-state index in [0.29, 0.717) is 27.9 Å². The number of aryl methyl sites for hydroxylation is 1. The Labute approximate surface area is 204 Å². The molecule has 2 aromatic heterocycles. The first kappa shape index (κ1) is 22.5. The Morgan fingerprint density at radius 1 is 1.03 bits per heavy atom. The van der Waals surface area contributed by atoms with Crippen LogP contribution >= 0.6 is 11.3 Å². The average Bonchev–Trinajstić information content (AvgIpc) is 3.41. The lowest BCUT2D eigenvalue weighted by molar-refractivity contribution is -0.137. The van der Waals surface area contributed by atoms with Crippen molar-refractivity contribution in [2.75, 3.05) is 0 Å². The Bertz CT molecular complexity index is 1450. The van der Waals surface area contributed by atoms with Crippen LogP contribution in [0.1, 0.15) is 39.1 Å². The van der Waals surface area contributed by atoms with Gasteiger partial charge in [0.1, 0.15) is 4.83 Å². The fraction of sp³-hybridized carbons (Fsp3) is 0.333. The summed E-state index contributed by atoms with van der Waals surface area (Å²) in [5.74, 6) is 0. The van der Waals surface area contributed by atoms with E-state index in [0.717, 1.165) is 49.8 Å². The van der Waals surface area contributed by atoms with Crippen LogP contribution in [0.2, 0.25) is 0 Å². The summed E-state index contributed by atoms with van der Waals surface area (Å²) in [6, 6.07) is 14.5. The van der Waals surface area contributed by atoms with Crippen LogP contribution < -0.4 is 10.9 Å². The monoisotopic (exact) mass is 495 g/mol. The predicted octanol–water partition coefficient (Wildman–Crippen LogP) is 5.14. The number of hydrogen-bond acceptors (Lipinski definition) is 4. The summed E-state index contributed by atoms with van der Waals surface area (Å²) in [6.45, 7) is 0.0583.